The van der Waals surface area contributed by atoms with Crippen molar-refractivity contribution >= 4 is 19.2 Å². The summed E-state index contributed by atoms with van der Waals surface area (Å²) in [6.07, 6.45) is 0. The lowest BCUT2D eigenvalue weighted by Crippen LogP contribution is -2.40. The van der Waals surface area contributed by atoms with Crippen LogP contribution >= 0.6 is 0 Å². The molecule has 1 aromatic rings. The average Bonchev–Trinajstić information content (AvgIpc) is 2.38. The summed E-state index contributed by atoms with van der Waals surface area (Å²) in [7, 11) is -0.508. The van der Waals surface area contributed by atoms with Gasteiger partial charge in [0.25, 0.3) is 0 Å². The number of benzene rings is 1. The highest BCUT2D eigenvalue weighted by molar-refractivity contribution is 6.98. The van der Waals surface area contributed by atoms with Crippen molar-refractivity contribution in [1.29, 1.82) is 0 Å². The lowest BCUT2D eigenvalue weighted by atomic mass is 10.2. The van der Waals surface area contributed by atoms with Crippen LogP contribution in [-0.4, -0.2) is 21.2 Å². The molecule has 0 N–H and O–H groups in total. The fraction of sp³-hybridized carbons (Fsp3) is 0.154. The van der Waals surface area contributed by atoms with Gasteiger partial charge in [-0.3, -0.25) is 4.89 Å². The van der Waals surface area contributed by atoms with Crippen LogP contribution in [0, 0.1) is 0 Å². The third kappa shape index (κ3) is 2.92. The molecule has 0 bridgehead atoms. The topological polar surface area (TPSA) is 35.5 Å². The standard InChI is InChI=1S/C13H16O3Si/c1-5-17(4,6-2)12-9-7-11(8-10-12)13(14)16-15-3/h5-10H,1-2H2,3-4H3. The zero-order chi connectivity index (χ0) is 12.9. The van der Waals surface area contributed by atoms with Crippen molar-refractivity contribution in [3.63, 3.8) is 0 Å². The smallest absolute Gasteiger partial charge is 0.293 e. The molecular formula is C13H16O3Si. The predicted octanol–water partition coefficient (Wildman–Crippen LogP) is 2.14. The van der Waals surface area contributed by atoms with Crippen LogP contribution in [0.5, 0.6) is 0 Å². The van der Waals surface area contributed by atoms with Gasteiger partial charge in [0.05, 0.1) is 12.7 Å². The van der Waals surface area contributed by atoms with E-state index < -0.39 is 14.0 Å². The third-order valence-electron chi connectivity index (χ3n) is 2.75. The Balaban J connectivity index is 2.99. The van der Waals surface area contributed by atoms with Crippen LogP contribution in [0.3, 0.4) is 0 Å². The highest BCUT2D eigenvalue weighted by Crippen LogP contribution is 2.08. The molecule has 0 spiro atoms. The van der Waals surface area contributed by atoms with Crippen LogP contribution in [0.25, 0.3) is 0 Å². The van der Waals surface area contributed by atoms with E-state index in [0.717, 1.165) is 5.19 Å². The monoisotopic (exact) mass is 248 g/mol. The second-order valence-corrected chi connectivity index (χ2v) is 7.76. The van der Waals surface area contributed by atoms with Gasteiger partial charge >= 0.3 is 5.97 Å². The van der Waals surface area contributed by atoms with Gasteiger partial charge in [-0.1, -0.05) is 35.3 Å². The fourth-order valence-electron chi connectivity index (χ4n) is 1.41. The first-order chi connectivity index (χ1) is 8.07. The Bertz CT molecular complexity index is 415. The maximum Gasteiger partial charge on any atom is 0.373 e. The summed E-state index contributed by atoms with van der Waals surface area (Å²) < 4.78 is 0. The molecular weight excluding hydrogens is 232 g/mol. The predicted molar refractivity (Wildman–Crippen MR) is 70.5 cm³/mol. The first kappa shape index (κ1) is 13.4. The number of carbonyl (C=O) groups excluding carboxylic acids is 1. The second-order valence-electron chi connectivity index (χ2n) is 3.81. The van der Waals surface area contributed by atoms with Gasteiger partial charge in [0, 0.05) is 0 Å². The maximum atomic E-state index is 11.4. The van der Waals surface area contributed by atoms with E-state index in [1.165, 1.54) is 7.11 Å². The highest BCUT2D eigenvalue weighted by Gasteiger charge is 2.21. The molecule has 0 atom stereocenters. The summed E-state index contributed by atoms with van der Waals surface area (Å²) in [6.45, 7) is 9.83. The average molecular weight is 248 g/mol. The van der Waals surface area contributed by atoms with Crippen molar-refractivity contribution in [3.05, 3.63) is 54.4 Å². The fourth-order valence-corrected chi connectivity index (χ4v) is 2.93. The van der Waals surface area contributed by atoms with Gasteiger partial charge in [0.15, 0.2) is 0 Å². The number of hydrogen-bond acceptors (Lipinski definition) is 3. The van der Waals surface area contributed by atoms with Crippen molar-refractivity contribution in [1.82, 2.24) is 0 Å². The van der Waals surface area contributed by atoms with E-state index in [9.17, 15) is 4.79 Å². The van der Waals surface area contributed by atoms with Crippen molar-refractivity contribution in [3.8, 4) is 0 Å². The van der Waals surface area contributed by atoms with Crippen LogP contribution in [0.4, 0.5) is 0 Å². The zero-order valence-corrected chi connectivity index (χ0v) is 11.1. The molecule has 0 saturated carbocycles. The first-order valence-corrected chi connectivity index (χ1v) is 7.85. The Morgan fingerprint density at radius 3 is 2.18 bits per heavy atom. The van der Waals surface area contributed by atoms with E-state index in [-0.39, 0.29) is 0 Å². The molecule has 90 valence electrons. The number of carbonyl (C=O) groups is 1. The lowest BCUT2D eigenvalue weighted by molar-refractivity contribution is -0.216. The molecule has 0 heterocycles. The molecule has 0 unspecified atom stereocenters. The summed E-state index contributed by atoms with van der Waals surface area (Å²) >= 11 is 0. The van der Waals surface area contributed by atoms with Crippen molar-refractivity contribution in [2.24, 2.45) is 0 Å². The van der Waals surface area contributed by atoms with Gasteiger partial charge in [0.1, 0.15) is 8.07 Å². The van der Waals surface area contributed by atoms with E-state index in [0.29, 0.717) is 5.56 Å². The number of hydrogen-bond donors (Lipinski definition) is 0. The molecule has 0 aromatic heterocycles. The molecule has 0 fully saturated rings. The summed E-state index contributed by atoms with van der Waals surface area (Å²) in [5, 5.41) is 1.15. The minimum atomic E-state index is -1.81. The molecule has 0 aliphatic rings. The molecule has 1 rings (SSSR count). The first-order valence-electron chi connectivity index (χ1n) is 5.20. The molecule has 4 heteroatoms. The van der Waals surface area contributed by atoms with Gasteiger partial charge < -0.3 is 0 Å². The molecule has 3 nitrogen and oxygen atoms in total. The molecule has 0 radical (unpaired) electrons. The van der Waals surface area contributed by atoms with Crippen LogP contribution in [0.1, 0.15) is 10.4 Å². The van der Waals surface area contributed by atoms with E-state index in [1.54, 1.807) is 12.1 Å². The van der Waals surface area contributed by atoms with Crippen LogP contribution in [0.2, 0.25) is 6.55 Å². The van der Waals surface area contributed by atoms with Crippen LogP contribution < -0.4 is 5.19 Å². The largest absolute Gasteiger partial charge is 0.373 e. The molecule has 0 amide bonds. The van der Waals surface area contributed by atoms with Gasteiger partial charge in [-0.2, -0.15) is 4.89 Å². The van der Waals surface area contributed by atoms with E-state index in [1.807, 2.05) is 23.5 Å². The molecule has 17 heavy (non-hydrogen) atoms. The third-order valence-corrected chi connectivity index (χ3v) is 6.02. The van der Waals surface area contributed by atoms with Crippen LogP contribution in [0.15, 0.2) is 48.8 Å². The molecule has 1 aromatic carbocycles. The lowest BCUT2D eigenvalue weighted by Gasteiger charge is -2.18. The van der Waals surface area contributed by atoms with Crippen LogP contribution in [-0.2, 0) is 9.78 Å². The minimum absolute atomic E-state index is 0.458. The Hall–Kier alpha value is -1.65. The maximum absolute atomic E-state index is 11.4. The van der Waals surface area contributed by atoms with Crippen molar-refractivity contribution in [2.45, 2.75) is 6.55 Å². The summed E-state index contributed by atoms with van der Waals surface area (Å²) in [6, 6.07) is 7.24. The summed E-state index contributed by atoms with van der Waals surface area (Å²) in [5.41, 5.74) is 4.35. The molecule has 0 aliphatic carbocycles. The Kier molecular flexibility index (Phi) is 4.42. The summed E-state index contributed by atoms with van der Waals surface area (Å²) in [4.78, 5) is 20.1. The van der Waals surface area contributed by atoms with E-state index in [2.05, 4.69) is 29.5 Å². The van der Waals surface area contributed by atoms with Gasteiger partial charge in [0.2, 0.25) is 0 Å². The van der Waals surface area contributed by atoms with E-state index in [4.69, 9.17) is 0 Å². The van der Waals surface area contributed by atoms with Gasteiger partial charge in [-0.05, 0) is 12.1 Å². The van der Waals surface area contributed by atoms with Crippen molar-refractivity contribution in [2.75, 3.05) is 7.11 Å². The van der Waals surface area contributed by atoms with Gasteiger partial charge in [-0.15, -0.1) is 13.2 Å². The quantitative estimate of drug-likeness (QED) is 0.455. The zero-order valence-electron chi connectivity index (χ0n) is 10.1. The minimum Gasteiger partial charge on any atom is -0.293 e. The van der Waals surface area contributed by atoms with Crippen molar-refractivity contribution < 1.29 is 14.6 Å². The molecule has 0 aliphatic heterocycles. The normalized spacial score (nSPS) is 10.7. The van der Waals surface area contributed by atoms with Gasteiger partial charge in [-0.25, -0.2) is 4.79 Å². The second kappa shape index (κ2) is 5.61. The Labute approximate surface area is 102 Å². The SMILES string of the molecule is C=C[Si](C)(C=C)c1ccc(C(=O)OOC)cc1. The highest BCUT2D eigenvalue weighted by atomic mass is 28.3. The number of rotatable bonds is 5. The summed E-state index contributed by atoms with van der Waals surface area (Å²) in [5.74, 6) is -0.500. The Morgan fingerprint density at radius 1 is 1.24 bits per heavy atom. The molecule has 0 saturated heterocycles. The van der Waals surface area contributed by atoms with E-state index >= 15 is 0 Å². The Morgan fingerprint density at radius 2 is 1.76 bits per heavy atom.